The highest BCUT2D eigenvalue weighted by Crippen LogP contribution is 2.21. The van der Waals surface area contributed by atoms with Gasteiger partial charge in [0.2, 0.25) is 0 Å². The molecule has 126 valence electrons. The molecule has 25 heavy (non-hydrogen) atoms. The van der Waals surface area contributed by atoms with E-state index in [4.69, 9.17) is 0 Å². The van der Waals surface area contributed by atoms with Crippen LogP contribution in [-0.2, 0) is 6.54 Å². The molecule has 0 amide bonds. The van der Waals surface area contributed by atoms with Gasteiger partial charge in [0.25, 0.3) is 0 Å². The lowest BCUT2D eigenvalue weighted by Crippen LogP contribution is -2.27. The van der Waals surface area contributed by atoms with E-state index in [1.54, 1.807) is 0 Å². The lowest BCUT2D eigenvalue weighted by molar-refractivity contribution is 0.288. The Morgan fingerprint density at radius 1 is 1.20 bits per heavy atom. The lowest BCUT2D eigenvalue weighted by atomic mass is 10.1. The fourth-order valence-electron chi connectivity index (χ4n) is 3.24. The standard InChI is InChI=1S/C21H21N3S/c25-19-4-1-3-17(13-19)7-6-16-8-11-24(12-9-16)15-18-14-23-21-20(18)5-2-10-22-21/h1-8,10,13-14,25H,9,11-12,15H2,(H,22,23)/b7-6+. The van der Waals surface area contributed by atoms with Gasteiger partial charge < -0.3 is 4.98 Å². The van der Waals surface area contributed by atoms with Gasteiger partial charge in [0.15, 0.2) is 0 Å². The quantitative estimate of drug-likeness (QED) is 0.671. The van der Waals surface area contributed by atoms with Crippen LogP contribution < -0.4 is 0 Å². The van der Waals surface area contributed by atoms with Crippen molar-refractivity contribution in [1.29, 1.82) is 0 Å². The number of fused-ring (bicyclic) bond motifs is 1. The number of rotatable bonds is 4. The van der Waals surface area contributed by atoms with Crippen molar-refractivity contribution in [2.45, 2.75) is 17.9 Å². The molecule has 1 aromatic carbocycles. The number of allylic oxidation sites excluding steroid dienone is 1. The van der Waals surface area contributed by atoms with Crippen molar-refractivity contribution >= 4 is 29.7 Å². The Morgan fingerprint density at radius 2 is 2.16 bits per heavy atom. The molecule has 0 radical (unpaired) electrons. The minimum Gasteiger partial charge on any atom is -0.346 e. The van der Waals surface area contributed by atoms with Crippen molar-refractivity contribution in [3.63, 3.8) is 0 Å². The number of hydrogen-bond donors (Lipinski definition) is 2. The summed E-state index contributed by atoms with van der Waals surface area (Å²) < 4.78 is 0. The zero-order chi connectivity index (χ0) is 17.1. The molecular formula is C21H21N3S. The van der Waals surface area contributed by atoms with Crippen LogP contribution in [0.15, 0.2) is 71.4 Å². The fraction of sp³-hybridized carbons (Fsp3) is 0.190. The van der Waals surface area contributed by atoms with Crippen LogP contribution in [0.1, 0.15) is 17.5 Å². The van der Waals surface area contributed by atoms with Crippen molar-refractivity contribution in [1.82, 2.24) is 14.9 Å². The molecule has 0 saturated carbocycles. The van der Waals surface area contributed by atoms with Gasteiger partial charge in [0.05, 0.1) is 0 Å². The molecule has 1 N–H and O–H groups in total. The van der Waals surface area contributed by atoms with Gasteiger partial charge in [-0.15, -0.1) is 12.6 Å². The van der Waals surface area contributed by atoms with E-state index in [0.717, 1.165) is 36.6 Å². The zero-order valence-corrected chi connectivity index (χ0v) is 14.9. The molecular weight excluding hydrogens is 326 g/mol. The van der Waals surface area contributed by atoms with Gasteiger partial charge in [0, 0.05) is 42.3 Å². The van der Waals surface area contributed by atoms with E-state index in [2.05, 4.69) is 70.1 Å². The van der Waals surface area contributed by atoms with Gasteiger partial charge in [0.1, 0.15) is 5.65 Å². The topological polar surface area (TPSA) is 31.9 Å². The number of nitrogens with one attached hydrogen (secondary N) is 1. The number of pyridine rings is 1. The normalized spacial score (nSPS) is 15.8. The van der Waals surface area contributed by atoms with E-state index in [1.165, 1.54) is 22.1 Å². The van der Waals surface area contributed by atoms with Crippen LogP contribution >= 0.6 is 12.6 Å². The van der Waals surface area contributed by atoms with E-state index in [0.29, 0.717) is 0 Å². The largest absolute Gasteiger partial charge is 0.346 e. The minimum absolute atomic E-state index is 0.959. The predicted octanol–water partition coefficient (Wildman–Crippen LogP) is 4.70. The molecule has 3 nitrogen and oxygen atoms in total. The van der Waals surface area contributed by atoms with Crippen LogP contribution in [0.2, 0.25) is 0 Å². The van der Waals surface area contributed by atoms with Crippen LogP contribution in [0.5, 0.6) is 0 Å². The Hall–Kier alpha value is -2.30. The highest BCUT2D eigenvalue weighted by atomic mass is 32.1. The van der Waals surface area contributed by atoms with Gasteiger partial charge in [-0.1, -0.05) is 30.4 Å². The Bertz CT molecular complexity index is 939. The Balaban J connectivity index is 1.40. The SMILES string of the molecule is Sc1cccc(/C=C/C2=CCN(Cc3c[nH]c4ncccc34)CC2)c1. The summed E-state index contributed by atoms with van der Waals surface area (Å²) >= 11 is 4.39. The minimum atomic E-state index is 0.959. The van der Waals surface area contributed by atoms with Crippen molar-refractivity contribution in [2.24, 2.45) is 0 Å². The molecule has 0 atom stereocenters. The third-order valence-electron chi connectivity index (χ3n) is 4.62. The first kappa shape index (κ1) is 16.2. The molecule has 0 bridgehead atoms. The summed E-state index contributed by atoms with van der Waals surface area (Å²) in [5.74, 6) is 0. The highest BCUT2D eigenvalue weighted by molar-refractivity contribution is 7.80. The molecule has 4 heteroatoms. The average Bonchev–Trinajstić information content (AvgIpc) is 3.04. The maximum absolute atomic E-state index is 4.39. The van der Waals surface area contributed by atoms with Crippen LogP contribution in [0.4, 0.5) is 0 Å². The summed E-state index contributed by atoms with van der Waals surface area (Å²) in [5.41, 5.74) is 4.89. The van der Waals surface area contributed by atoms with E-state index in [1.807, 2.05) is 24.4 Å². The molecule has 3 heterocycles. The summed E-state index contributed by atoms with van der Waals surface area (Å²) in [6.07, 6.45) is 11.7. The van der Waals surface area contributed by atoms with Gasteiger partial charge in [-0.05, 0) is 47.4 Å². The second-order valence-electron chi connectivity index (χ2n) is 6.41. The smallest absolute Gasteiger partial charge is 0.137 e. The van der Waals surface area contributed by atoms with Crippen LogP contribution in [0.3, 0.4) is 0 Å². The van der Waals surface area contributed by atoms with Gasteiger partial charge in [-0.2, -0.15) is 0 Å². The van der Waals surface area contributed by atoms with Crippen molar-refractivity contribution < 1.29 is 0 Å². The van der Waals surface area contributed by atoms with E-state index < -0.39 is 0 Å². The molecule has 0 fully saturated rings. The second-order valence-corrected chi connectivity index (χ2v) is 6.92. The van der Waals surface area contributed by atoms with Crippen molar-refractivity contribution in [3.8, 4) is 0 Å². The Kier molecular flexibility index (Phi) is 4.72. The van der Waals surface area contributed by atoms with Gasteiger partial charge in [-0.25, -0.2) is 4.98 Å². The number of H-pyrrole nitrogens is 1. The average molecular weight is 347 g/mol. The maximum atomic E-state index is 4.39. The van der Waals surface area contributed by atoms with E-state index in [-0.39, 0.29) is 0 Å². The molecule has 0 unspecified atom stereocenters. The Labute approximate surface area is 153 Å². The first-order chi connectivity index (χ1) is 12.3. The molecule has 2 aromatic heterocycles. The molecule has 3 aromatic rings. The predicted molar refractivity (Wildman–Crippen MR) is 107 cm³/mol. The maximum Gasteiger partial charge on any atom is 0.137 e. The van der Waals surface area contributed by atoms with Crippen molar-refractivity contribution in [3.05, 3.63) is 77.6 Å². The number of aromatic nitrogens is 2. The number of benzene rings is 1. The third-order valence-corrected chi connectivity index (χ3v) is 4.90. The summed E-state index contributed by atoms with van der Waals surface area (Å²) in [5, 5.41) is 1.23. The first-order valence-electron chi connectivity index (χ1n) is 8.57. The molecule has 4 rings (SSSR count). The third kappa shape index (κ3) is 3.86. The molecule has 0 aliphatic carbocycles. The van der Waals surface area contributed by atoms with Crippen molar-refractivity contribution in [2.75, 3.05) is 13.1 Å². The summed E-state index contributed by atoms with van der Waals surface area (Å²) in [6.45, 7) is 3.02. The number of nitrogens with zero attached hydrogens (tertiary/aromatic N) is 2. The van der Waals surface area contributed by atoms with Crippen LogP contribution in [-0.4, -0.2) is 28.0 Å². The van der Waals surface area contributed by atoms with Gasteiger partial charge >= 0.3 is 0 Å². The summed E-state index contributed by atoms with van der Waals surface area (Å²) in [7, 11) is 0. The first-order valence-corrected chi connectivity index (χ1v) is 9.02. The van der Waals surface area contributed by atoms with Crippen LogP contribution in [0, 0.1) is 0 Å². The van der Waals surface area contributed by atoms with Gasteiger partial charge in [-0.3, -0.25) is 4.90 Å². The lowest BCUT2D eigenvalue weighted by Gasteiger charge is -2.25. The summed E-state index contributed by atoms with van der Waals surface area (Å²) in [6, 6.07) is 12.4. The molecule has 0 saturated heterocycles. The monoisotopic (exact) mass is 347 g/mol. The molecule has 1 aliphatic heterocycles. The fourth-order valence-corrected chi connectivity index (χ4v) is 3.47. The zero-order valence-electron chi connectivity index (χ0n) is 14.0. The second kappa shape index (κ2) is 7.30. The Morgan fingerprint density at radius 3 is 3.00 bits per heavy atom. The number of thiol groups is 1. The van der Waals surface area contributed by atoms with Crippen LogP contribution in [0.25, 0.3) is 17.1 Å². The number of aromatic amines is 1. The molecule has 1 aliphatic rings. The summed E-state index contributed by atoms with van der Waals surface area (Å²) in [4.78, 5) is 11.1. The van der Waals surface area contributed by atoms with E-state index >= 15 is 0 Å². The van der Waals surface area contributed by atoms with E-state index in [9.17, 15) is 0 Å². The highest BCUT2D eigenvalue weighted by Gasteiger charge is 2.13. The molecule has 0 spiro atoms. The number of hydrogen-bond acceptors (Lipinski definition) is 3.